The third-order valence-electron chi connectivity index (χ3n) is 4.06. The van der Waals surface area contributed by atoms with Crippen molar-refractivity contribution in [1.29, 1.82) is 0 Å². The summed E-state index contributed by atoms with van der Waals surface area (Å²) >= 11 is 0. The Morgan fingerprint density at radius 2 is 2.13 bits per heavy atom. The molecule has 0 spiro atoms. The zero-order valence-electron chi connectivity index (χ0n) is 13.4. The molecule has 1 aliphatic rings. The molecule has 7 nitrogen and oxygen atoms in total. The Morgan fingerprint density at radius 3 is 2.78 bits per heavy atom. The van der Waals surface area contributed by atoms with E-state index in [0.29, 0.717) is 12.2 Å². The smallest absolute Gasteiger partial charge is 0.211 e. The third kappa shape index (κ3) is 3.28. The van der Waals surface area contributed by atoms with Crippen LogP contribution in [0.4, 0.5) is 0 Å². The Hall–Kier alpha value is -1.80. The summed E-state index contributed by atoms with van der Waals surface area (Å²) in [5.41, 5.74) is 2.39. The number of aromatic nitrogens is 4. The Balaban J connectivity index is 1.86. The molecule has 0 aliphatic carbocycles. The van der Waals surface area contributed by atoms with Gasteiger partial charge in [0.2, 0.25) is 10.0 Å². The minimum Gasteiger partial charge on any atom is -0.263 e. The van der Waals surface area contributed by atoms with Gasteiger partial charge in [-0.15, -0.1) is 0 Å². The Kier molecular flexibility index (Phi) is 4.45. The number of hydrogen-bond acceptors (Lipinski definition) is 5. The quantitative estimate of drug-likeness (QED) is 0.833. The zero-order chi connectivity index (χ0) is 16.4. The van der Waals surface area contributed by atoms with Crippen LogP contribution in [0.15, 0.2) is 24.7 Å². The van der Waals surface area contributed by atoms with E-state index in [0.717, 1.165) is 37.2 Å². The second-order valence-corrected chi connectivity index (χ2v) is 7.73. The van der Waals surface area contributed by atoms with Crippen molar-refractivity contribution in [3.8, 4) is 11.4 Å². The van der Waals surface area contributed by atoms with Crippen molar-refractivity contribution in [3.05, 3.63) is 30.4 Å². The standard InChI is InChI=1S/C15H21N5O2S/c1-3-8-19-14(6-7-18-19)12-10-17-13(11-16-12)15-5-4-9-20(15)23(2,21)22/h6-7,10-11,15H,3-5,8-9H2,1-2H3/t15-/m1/s1. The maximum Gasteiger partial charge on any atom is 0.211 e. The van der Waals surface area contributed by atoms with Crippen molar-refractivity contribution >= 4 is 10.0 Å². The highest BCUT2D eigenvalue weighted by molar-refractivity contribution is 7.88. The maximum absolute atomic E-state index is 11.9. The van der Waals surface area contributed by atoms with Crippen LogP contribution in [0.3, 0.4) is 0 Å². The molecule has 2 aromatic heterocycles. The molecule has 124 valence electrons. The fourth-order valence-electron chi connectivity index (χ4n) is 3.02. The Bertz CT molecular complexity index is 769. The van der Waals surface area contributed by atoms with Gasteiger partial charge in [-0.1, -0.05) is 6.92 Å². The van der Waals surface area contributed by atoms with Crippen molar-refractivity contribution < 1.29 is 8.42 Å². The monoisotopic (exact) mass is 335 g/mol. The van der Waals surface area contributed by atoms with Crippen molar-refractivity contribution in [2.45, 2.75) is 38.8 Å². The van der Waals surface area contributed by atoms with Gasteiger partial charge in [-0.3, -0.25) is 14.6 Å². The summed E-state index contributed by atoms with van der Waals surface area (Å²) < 4.78 is 27.1. The molecule has 0 bridgehead atoms. The molecular formula is C15H21N5O2S. The van der Waals surface area contributed by atoms with Gasteiger partial charge >= 0.3 is 0 Å². The van der Waals surface area contributed by atoms with Crippen molar-refractivity contribution in [3.63, 3.8) is 0 Å². The molecule has 1 aliphatic heterocycles. The van der Waals surface area contributed by atoms with Crippen LogP contribution in [0.1, 0.15) is 37.9 Å². The maximum atomic E-state index is 11.9. The van der Waals surface area contributed by atoms with Gasteiger partial charge in [0.1, 0.15) is 5.69 Å². The third-order valence-corrected chi connectivity index (χ3v) is 5.35. The molecule has 23 heavy (non-hydrogen) atoms. The van der Waals surface area contributed by atoms with Crippen LogP contribution in [0.5, 0.6) is 0 Å². The van der Waals surface area contributed by atoms with Gasteiger partial charge in [0.05, 0.1) is 36.1 Å². The molecule has 0 saturated carbocycles. The first-order valence-electron chi connectivity index (χ1n) is 7.81. The van der Waals surface area contributed by atoms with Crippen LogP contribution in [0.2, 0.25) is 0 Å². The van der Waals surface area contributed by atoms with Gasteiger partial charge < -0.3 is 0 Å². The van der Waals surface area contributed by atoms with Crippen molar-refractivity contribution in [1.82, 2.24) is 24.1 Å². The average molecular weight is 335 g/mol. The van der Waals surface area contributed by atoms with Crippen LogP contribution >= 0.6 is 0 Å². The lowest BCUT2D eigenvalue weighted by atomic mass is 10.1. The summed E-state index contributed by atoms with van der Waals surface area (Å²) in [5, 5.41) is 4.29. The van der Waals surface area contributed by atoms with E-state index < -0.39 is 10.0 Å². The second kappa shape index (κ2) is 6.37. The predicted octanol–water partition coefficient (Wildman–Crippen LogP) is 1.85. The summed E-state index contributed by atoms with van der Waals surface area (Å²) in [6.45, 7) is 3.48. The molecule has 0 aromatic carbocycles. The molecule has 1 fully saturated rings. The van der Waals surface area contributed by atoms with E-state index in [9.17, 15) is 8.42 Å². The summed E-state index contributed by atoms with van der Waals surface area (Å²) in [6, 6.07) is 1.71. The van der Waals surface area contributed by atoms with Crippen LogP contribution in [-0.2, 0) is 16.6 Å². The molecule has 0 unspecified atom stereocenters. The molecule has 2 aromatic rings. The fourth-order valence-corrected chi connectivity index (χ4v) is 4.15. The van der Waals surface area contributed by atoms with Gasteiger partial charge in [0.25, 0.3) is 0 Å². The fraction of sp³-hybridized carbons (Fsp3) is 0.533. The highest BCUT2D eigenvalue weighted by Gasteiger charge is 2.33. The minimum absolute atomic E-state index is 0.202. The van der Waals surface area contributed by atoms with Crippen LogP contribution in [0, 0.1) is 0 Å². The lowest BCUT2D eigenvalue weighted by Crippen LogP contribution is -2.30. The van der Waals surface area contributed by atoms with E-state index in [1.165, 1.54) is 10.6 Å². The topological polar surface area (TPSA) is 81.0 Å². The first kappa shape index (κ1) is 16.1. The number of rotatable bonds is 5. The molecule has 0 N–H and O–H groups in total. The number of hydrogen-bond donors (Lipinski definition) is 0. The van der Waals surface area contributed by atoms with E-state index in [1.54, 1.807) is 18.6 Å². The summed E-state index contributed by atoms with van der Waals surface area (Å²) in [4.78, 5) is 8.95. The lowest BCUT2D eigenvalue weighted by Gasteiger charge is -2.21. The molecule has 3 heterocycles. The number of nitrogens with zero attached hydrogens (tertiary/aromatic N) is 5. The van der Waals surface area contributed by atoms with Gasteiger partial charge in [0.15, 0.2) is 0 Å². The largest absolute Gasteiger partial charge is 0.263 e. The Labute approximate surface area is 136 Å². The SMILES string of the molecule is CCCn1nccc1-c1cnc([C@H]2CCCN2S(C)(=O)=O)cn1. The molecule has 0 radical (unpaired) electrons. The first-order chi connectivity index (χ1) is 11.0. The predicted molar refractivity (Wildman–Crippen MR) is 87.1 cm³/mol. The second-order valence-electron chi connectivity index (χ2n) is 5.80. The summed E-state index contributed by atoms with van der Waals surface area (Å²) in [6.07, 6.45) is 9.02. The molecule has 1 saturated heterocycles. The number of sulfonamides is 1. The van der Waals surface area contributed by atoms with Crippen LogP contribution < -0.4 is 0 Å². The zero-order valence-corrected chi connectivity index (χ0v) is 14.2. The molecule has 8 heteroatoms. The lowest BCUT2D eigenvalue weighted by molar-refractivity contribution is 0.393. The average Bonchev–Trinajstić information content (AvgIpc) is 3.16. The molecule has 0 amide bonds. The van der Waals surface area contributed by atoms with E-state index >= 15 is 0 Å². The van der Waals surface area contributed by atoms with Gasteiger partial charge in [-0.25, -0.2) is 8.42 Å². The molecule has 3 rings (SSSR count). The van der Waals surface area contributed by atoms with Crippen molar-refractivity contribution in [2.75, 3.05) is 12.8 Å². The van der Waals surface area contributed by atoms with E-state index in [4.69, 9.17) is 0 Å². The highest BCUT2D eigenvalue weighted by atomic mass is 32.2. The van der Waals surface area contributed by atoms with Crippen LogP contribution in [0.25, 0.3) is 11.4 Å². The minimum atomic E-state index is -3.22. The summed E-state index contributed by atoms with van der Waals surface area (Å²) in [5.74, 6) is 0. The first-order valence-corrected chi connectivity index (χ1v) is 9.66. The van der Waals surface area contributed by atoms with E-state index in [1.807, 2.05) is 10.7 Å². The van der Waals surface area contributed by atoms with Crippen LogP contribution in [-0.4, -0.2) is 45.3 Å². The normalized spacial score (nSPS) is 19.3. The number of aryl methyl sites for hydroxylation is 1. The van der Waals surface area contributed by atoms with Gasteiger partial charge in [-0.05, 0) is 25.3 Å². The highest BCUT2D eigenvalue weighted by Crippen LogP contribution is 2.32. The van der Waals surface area contributed by atoms with Gasteiger partial charge in [0, 0.05) is 19.3 Å². The molecular weight excluding hydrogens is 314 g/mol. The summed E-state index contributed by atoms with van der Waals surface area (Å²) in [7, 11) is -3.22. The molecule has 1 atom stereocenters. The van der Waals surface area contributed by atoms with E-state index in [2.05, 4.69) is 22.0 Å². The Morgan fingerprint density at radius 1 is 1.30 bits per heavy atom. The van der Waals surface area contributed by atoms with Gasteiger partial charge in [-0.2, -0.15) is 9.40 Å². The van der Waals surface area contributed by atoms with E-state index in [-0.39, 0.29) is 6.04 Å². The van der Waals surface area contributed by atoms with Crippen molar-refractivity contribution in [2.24, 2.45) is 0 Å².